The average Bonchev–Trinajstić information content (AvgIpc) is 3.31. The Morgan fingerprint density at radius 1 is 1.26 bits per heavy atom. The van der Waals surface area contributed by atoms with Gasteiger partial charge in [-0.25, -0.2) is 0 Å². The summed E-state index contributed by atoms with van der Waals surface area (Å²) < 4.78 is 0. The van der Waals surface area contributed by atoms with Crippen LogP contribution >= 0.6 is 0 Å². The van der Waals surface area contributed by atoms with E-state index in [1.165, 1.54) is 0 Å². The Labute approximate surface area is 159 Å². The molecular formula is C21H27N3O3. The predicted octanol–water partition coefficient (Wildman–Crippen LogP) is 2.25. The van der Waals surface area contributed by atoms with Crippen molar-refractivity contribution in [1.82, 2.24) is 5.32 Å². The maximum absolute atomic E-state index is 12.5. The van der Waals surface area contributed by atoms with E-state index in [4.69, 9.17) is 0 Å². The summed E-state index contributed by atoms with van der Waals surface area (Å²) in [7, 11) is 0. The molecule has 1 aliphatic carbocycles. The first-order valence-corrected chi connectivity index (χ1v) is 10.0. The molecule has 2 unspecified atom stereocenters. The van der Waals surface area contributed by atoms with Gasteiger partial charge in [-0.1, -0.05) is 6.92 Å². The molecular weight excluding hydrogens is 342 g/mol. The minimum atomic E-state index is -0.298. The summed E-state index contributed by atoms with van der Waals surface area (Å²) >= 11 is 0. The average molecular weight is 369 g/mol. The molecule has 1 aromatic carbocycles. The quantitative estimate of drug-likeness (QED) is 0.865. The minimum absolute atomic E-state index is 0.0110. The van der Waals surface area contributed by atoms with Crippen LogP contribution < -0.4 is 15.1 Å². The number of amides is 3. The second-order valence-electron chi connectivity index (χ2n) is 8.05. The van der Waals surface area contributed by atoms with Crippen LogP contribution in [0.5, 0.6) is 0 Å². The molecule has 1 saturated carbocycles. The number of carbonyl (C=O) groups is 3. The molecule has 6 nitrogen and oxygen atoms in total. The maximum atomic E-state index is 12.5. The van der Waals surface area contributed by atoms with Gasteiger partial charge < -0.3 is 15.1 Å². The van der Waals surface area contributed by atoms with E-state index in [0.29, 0.717) is 6.54 Å². The lowest BCUT2D eigenvalue weighted by Crippen LogP contribution is -2.38. The normalized spacial score (nSPS) is 22.7. The number of fused-ring (bicyclic) bond motifs is 1. The molecule has 4 rings (SSSR count). The summed E-state index contributed by atoms with van der Waals surface area (Å²) in [6.45, 7) is 5.15. The van der Waals surface area contributed by atoms with E-state index in [1.54, 1.807) is 4.90 Å². The summed E-state index contributed by atoms with van der Waals surface area (Å²) in [5.74, 6) is 0.0968. The molecule has 1 saturated heterocycles. The molecule has 1 N–H and O–H groups in total. The molecule has 3 amide bonds. The molecule has 27 heavy (non-hydrogen) atoms. The molecule has 2 aliphatic heterocycles. The van der Waals surface area contributed by atoms with Crippen molar-refractivity contribution in [3.63, 3.8) is 0 Å². The minimum Gasteiger partial charge on any atom is -0.353 e. The van der Waals surface area contributed by atoms with Gasteiger partial charge in [0.1, 0.15) is 0 Å². The van der Waals surface area contributed by atoms with Gasteiger partial charge in [0.05, 0.1) is 5.92 Å². The first-order valence-electron chi connectivity index (χ1n) is 10.0. The van der Waals surface area contributed by atoms with Gasteiger partial charge in [0.2, 0.25) is 17.7 Å². The van der Waals surface area contributed by atoms with Crippen LogP contribution in [0.3, 0.4) is 0 Å². The van der Waals surface area contributed by atoms with Crippen molar-refractivity contribution in [3.05, 3.63) is 23.8 Å². The molecule has 1 aromatic rings. The third kappa shape index (κ3) is 3.45. The Morgan fingerprint density at radius 3 is 2.74 bits per heavy atom. The van der Waals surface area contributed by atoms with Crippen LogP contribution in [0.15, 0.2) is 18.2 Å². The number of benzene rings is 1. The van der Waals surface area contributed by atoms with E-state index >= 15 is 0 Å². The molecule has 3 aliphatic rings. The van der Waals surface area contributed by atoms with Gasteiger partial charge in [0.25, 0.3) is 0 Å². The first-order chi connectivity index (χ1) is 13.0. The van der Waals surface area contributed by atoms with Crippen LogP contribution in [-0.4, -0.2) is 36.9 Å². The Balaban J connectivity index is 1.47. The van der Waals surface area contributed by atoms with Crippen molar-refractivity contribution in [3.8, 4) is 0 Å². The highest BCUT2D eigenvalue weighted by Crippen LogP contribution is 2.38. The highest BCUT2D eigenvalue weighted by molar-refractivity contribution is 6.02. The maximum Gasteiger partial charge on any atom is 0.230 e. The van der Waals surface area contributed by atoms with E-state index in [2.05, 4.69) is 5.32 Å². The van der Waals surface area contributed by atoms with Gasteiger partial charge in [-0.05, 0) is 56.4 Å². The standard InChI is InChI=1S/C21H27N3O3/c1-3-13(2)22-20(26)16-11-19(25)24(12-16)17-6-7-18-15(10-17)8-9-23(18)21(27)14-4-5-14/h6-7,10,13-14,16H,3-5,8-9,11-12H2,1-2H3,(H,22,26). The lowest BCUT2D eigenvalue weighted by atomic mass is 10.1. The van der Waals surface area contributed by atoms with E-state index < -0.39 is 0 Å². The highest BCUT2D eigenvalue weighted by atomic mass is 16.2. The lowest BCUT2D eigenvalue weighted by Gasteiger charge is -2.20. The summed E-state index contributed by atoms with van der Waals surface area (Å²) in [5.41, 5.74) is 2.92. The third-order valence-corrected chi connectivity index (χ3v) is 5.96. The molecule has 144 valence electrons. The lowest BCUT2D eigenvalue weighted by molar-refractivity contribution is -0.126. The number of carbonyl (C=O) groups excluding carboxylic acids is 3. The second kappa shape index (κ2) is 6.98. The Bertz CT molecular complexity index is 787. The second-order valence-corrected chi connectivity index (χ2v) is 8.05. The van der Waals surface area contributed by atoms with E-state index in [1.807, 2.05) is 36.9 Å². The summed E-state index contributed by atoms with van der Waals surface area (Å²) in [6, 6.07) is 6.00. The Hall–Kier alpha value is -2.37. The van der Waals surface area contributed by atoms with Gasteiger partial charge >= 0.3 is 0 Å². The first kappa shape index (κ1) is 18.0. The van der Waals surface area contributed by atoms with E-state index in [0.717, 1.165) is 49.2 Å². The molecule has 2 heterocycles. The van der Waals surface area contributed by atoms with Crippen LogP contribution in [0.1, 0.15) is 45.1 Å². The summed E-state index contributed by atoms with van der Waals surface area (Å²) in [6.07, 6.45) is 3.96. The van der Waals surface area contributed by atoms with Crippen LogP contribution in [0, 0.1) is 11.8 Å². The van der Waals surface area contributed by atoms with Gasteiger partial charge in [0, 0.05) is 42.8 Å². The fourth-order valence-electron chi connectivity index (χ4n) is 3.93. The molecule has 0 radical (unpaired) electrons. The number of nitrogens with zero attached hydrogens (tertiary/aromatic N) is 2. The number of rotatable bonds is 5. The van der Waals surface area contributed by atoms with Crippen LogP contribution in [0.4, 0.5) is 11.4 Å². The smallest absolute Gasteiger partial charge is 0.230 e. The molecule has 2 fully saturated rings. The van der Waals surface area contributed by atoms with E-state index in [9.17, 15) is 14.4 Å². The monoisotopic (exact) mass is 369 g/mol. The molecule has 0 bridgehead atoms. The van der Waals surface area contributed by atoms with Crippen LogP contribution in [0.2, 0.25) is 0 Å². The topological polar surface area (TPSA) is 69.7 Å². The largest absolute Gasteiger partial charge is 0.353 e. The van der Waals surface area contributed by atoms with Crippen molar-refractivity contribution in [1.29, 1.82) is 0 Å². The fourth-order valence-corrected chi connectivity index (χ4v) is 3.93. The predicted molar refractivity (Wildman–Crippen MR) is 104 cm³/mol. The fraction of sp³-hybridized carbons (Fsp3) is 0.571. The zero-order valence-corrected chi connectivity index (χ0v) is 16.0. The van der Waals surface area contributed by atoms with Crippen molar-refractivity contribution in [2.24, 2.45) is 11.8 Å². The highest BCUT2D eigenvalue weighted by Gasteiger charge is 2.38. The van der Waals surface area contributed by atoms with Gasteiger partial charge in [0.15, 0.2) is 0 Å². The van der Waals surface area contributed by atoms with Crippen LogP contribution in [0.25, 0.3) is 0 Å². The van der Waals surface area contributed by atoms with Crippen LogP contribution in [-0.2, 0) is 20.8 Å². The third-order valence-electron chi connectivity index (χ3n) is 5.96. The number of anilines is 2. The van der Waals surface area contributed by atoms with Gasteiger partial charge in [-0.3, -0.25) is 14.4 Å². The Kier molecular flexibility index (Phi) is 4.66. The molecule has 2 atom stereocenters. The zero-order chi connectivity index (χ0) is 19.1. The molecule has 0 aromatic heterocycles. The van der Waals surface area contributed by atoms with E-state index in [-0.39, 0.29) is 42.0 Å². The SMILES string of the molecule is CCC(C)NC(=O)C1CC(=O)N(c2ccc3c(c2)CCN3C(=O)C2CC2)C1. The summed E-state index contributed by atoms with van der Waals surface area (Å²) in [4.78, 5) is 40.9. The molecule has 6 heteroatoms. The van der Waals surface area contributed by atoms with Crippen molar-refractivity contribution in [2.45, 2.75) is 52.0 Å². The summed E-state index contributed by atoms with van der Waals surface area (Å²) in [5, 5.41) is 2.98. The number of hydrogen-bond acceptors (Lipinski definition) is 3. The molecule has 0 spiro atoms. The van der Waals surface area contributed by atoms with Gasteiger partial charge in [-0.2, -0.15) is 0 Å². The van der Waals surface area contributed by atoms with Gasteiger partial charge in [-0.15, -0.1) is 0 Å². The van der Waals surface area contributed by atoms with Crippen molar-refractivity contribution < 1.29 is 14.4 Å². The Morgan fingerprint density at radius 2 is 2.04 bits per heavy atom. The van der Waals surface area contributed by atoms with Crippen molar-refractivity contribution in [2.75, 3.05) is 22.9 Å². The number of nitrogens with one attached hydrogen (secondary N) is 1. The zero-order valence-electron chi connectivity index (χ0n) is 16.0. The van der Waals surface area contributed by atoms with Crippen molar-refractivity contribution >= 4 is 29.1 Å². The number of hydrogen-bond donors (Lipinski definition) is 1.